The van der Waals surface area contributed by atoms with Crippen molar-refractivity contribution < 1.29 is 0 Å². The quantitative estimate of drug-likeness (QED) is 0.169. The van der Waals surface area contributed by atoms with Crippen molar-refractivity contribution in [2.24, 2.45) is 0 Å². The third-order valence-electron chi connectivity index (χ3n) is 12.1. The van der Waals surface area contributed by atoms with Crippen LogP contribution < -0.4 is 0 Å². The van der Waals surface area contributed by atoms with E-state index in [2.05, 4.69) is 203 Å². The summed E-state index contributed by atoms with van der Waals surface area (Å²) in [5.74, 6) is 0. The Morgan fingerprint density at radius 2 is 0.638 bits per heavy atom. The van der Waals surface area contributed by atoms with E-state index in [4.69, 9.17) is 0 Å². The first-order chi connectivity index (χ1) is 28.8. The van der Waals surface area contributed by atoms with Crippen molar-refractivity contribution >= 4 is 107 Å². The second-order valence-electron chi connectivity index (χ2n) is 15.2. The lowest BCUT2D eigenvalue weighted by Gasteiger charge is -2.14. The van der Waals surface area contributed by atoms with Gasteiger partial charge in [-0.1, -0.05) is 133 Å². The van der Waals surface area contributed by atoms with Crippen LogP contribution in [0.3, 0.4) is 0 Å². The monoisotopic (exact) mass is 772 g/mol. The van der Waals surface area contributed by atoms with E-state index in [1.165, 1.54) is 118 Å². The van der Waals surface area contributed by atoms with Crippen molar-refractivity contribution in [2.75, 3.05) is 0 Å². The largest absolute Gasteiger partial charge is 0.309 e. The molecule has 0 aliphatic rings. The summed E-state index contributed by atoms with van der Waals surface area (Å²) in [4.78, 5) is 0. The summed E-state index contributed by atoms with van der Waals surface area (Å²) in [7, 11) is 0. The first-order valence-corrected chi connectivity index (χ1v) is 21.4. The number of para-hydroxylation sites is 4. The molecule has 13 rings (SSSR count). The first kappa shape index (κ1) is 32.1. The number of nitrogens with zero attached hydrogens (tertiary/aromatic N) is 2. The van der Waals surface area contributed by atoms with E-state index in [1.807, 2.05) is 22.7 Å². The second-order valence-corrected chi connectivity index (χ2v) is 17.3. The minimum Gasteiger partial charge on any atom is -0.309 e. The van der Waals surface area contributed by atoms with Crippen LogP contribution in [0.5, 0.6) is 0 Å². The first-order valence-electron chi connectivity index (χ1n) is 19.8. The van der Waals surface area contributed by atoms with E-state index in [1.54, 1.807) is 0 Å². The summed E-state index contributed by atoms with van der Waals surface area (Å²) in [6, 6.07) is 71.7. The molecule has 4 heteroatoms. The highest BCUT2D eigenvalue weighted by molar-refractivity contribution is 7.29. The van der Waals surface area contributed by atoms with Crippen LogP contribution in [0.25, 0.3) is 118 Å². The number of benzene rings is 9. The lowest BCUT2D eigenvalue weighted by atomic mass is 9.90. The smallest absolute Gasteiger partial charge is 0.0541 e. The molecule has 58 heavy (non-hydrogen) atoms. The highest BCUT2D eigenvalue weighted by Crippen LogP contribution is 2.54. The van der Waals surface area contributed by atoms with Gasteiger partial charge in [0.05, 0.1) is 22.1 Å². The van der Waals surface area contributed by atoms with Gasteiger partial charge in [-0.2, -0.15) is 0 Å². The molecule has 0 amide bonds. The highest BCUT2D eigenvalue weighted by atomic mass is 32.1. The molecule has 0 spiro atoms. The molecule has 0 aliphatic carbocycles. The van der Waals surface area contributed by atoms with E-state index in [0.717, 1.165) is 0 Å². The molecule has 0 fully saturated rings. The van der Waals surface area contributed by atoms with Crippen molar-refractivity contribution in [1.29, 1.82) is 0 Å². The number of hydrogen-bond donors (Lipinski definition) is 0. The zero-order valence-electron chi connectivity index (χ0n) is 31.2. The maximum atomic E-state index is 2.46. The SMILES string of the molecule is c1ccc(-c2c3sc4ccc(-n5c6ccccc6c6ccccc65)cc4c3c(-c3ccccc3)c3c2sc2ccc(-n4c5ccccc5c5ccccc54)cc23)cc1. The van der Waals surface area contributed by atoms with Crippen LogP contribution >= 0.6 is 22.7 Å². The molecular weight excluding hydrogens is 741 g/mol. The molecule has 2 nitrogen and oxygen atoms in total. The van der Waals surface area contributed by atoms with Gasteiger partial charge in [-0.05, 0) is 71.8 Å². The summed E-state index contributed by atoms with van der Waals surface area (Å²) in [6.45, 7) is 0. The predicted molar refractivity (Wildman–Crippen MR) is 252 cm³/mol. The average molecular weight is 773 g/mol. The van der Waals surface area contributed by atoms with E-state index >= 15 is 0 Å². The van der Waals surface area contributed by atoms with Crippen molar-refractivity contribution in [3.8, 4) is 33.6 Å². The van der Waals surface area contributed by atoms with Crippen molar-refractivity contribution in [3.05, 3.63) is 194 Å². The number of rotatable bonds is 4. The van der Waals surface area contributed by atoms with Gasteiger partial charge in [0.15, 0.2) is 0 Å². The van der Waals surface area contributed by atoms with E-state index in [9.17, 15) is 0 Å². The molecule has 0 radical (unpaired) electrons. The third-order valence-corrected chi connectivity index (χ3v) is 14.5. The van der Waals surface area contributed by atoms with Gasteiger partial charge in [-0.25, -0.2) is 0 Å². The van der Waals surface area contributed by atoms with Crippen molar-refractivity contribution in [3.63, 3.8) is 0 Å². The van der Waals surface area contributed by atoms with E-state index in [0.29, 0.717) is 0 Å². The normalized spacial score (nSPS) is 12.1. The molecule has 0 bridgehead atoms. The molecule has 0 N–H and O–H groups in total. The Bertz CT molecular complexity index is 3470. The molecular formula is C54H32N2S2. The van der Waals surface area contributed by atoms with Crippen molar-refractivity contribution in [1.82, 2.24) is 9.13 Å². The Morgan fingerprint density at radius 1 is 0.293 bits per heavy atom. The van der Waals surface area contributed by atoms with E-state index in [-0.39, 0.29) is 0 Å². The molecule has 9 aromatic carbocycles. The van der Waals surface area contributed by atoms with Gasteiger partial charge in [-0.15, -0.1) is 22.7 Å². The standard InChI is InChI=1S/C54H32N2S2/c1-3-15-33(16-4-1)49-51-41-31-35(55-43-23-11-7-19-37(43)38-20-8-12-24-44(38)55)27-29-47(41)57-53(51)50(34-17-5-2-6-18-34)54-52(49)42-32-36(28-30-48(42)58-54)56-45-25-13-9-21-39(45)40-22-10-14-26-46(40)56/h1-32H. The molecule has 0 saturated heterocycles. The fourth-order valence-corrected chi connectivity index (χ4v) is 12.3. The summed E-state index contributed by atoms with van der Waals surface area (Å²) in [6.07, 6.45) is 0. The van der Waals surface area contributed by atoms with Crippen LogP contribution in [0.15, 0.2) is 194 Å². The summed E-state index contributed by atoms with van der Waals surface area (Å²) < 4.78 is 10.2. The summed E-state index contributed by atoms with van der Waals surface area (Å²) in [5.41, 5.74) is 12.4. The second kappa shape index (κ2) is 12.3. The predicted octanol–water partition coefficient (Wildman–Crippen LogP) is 16.0. The Hall–Kier alpha value is -6.98. The van der Waals surface area contributed by atoms with Crippen LogP contribution in [0.2, 0.25) is 0 Å². The minimum atomic E-state index is 1.17. The summed E-state index contributed by atoms with van der Waals surface area (Å²) in [5, 5.41) is 10.3. The number of fused-ring (bicyclic) bond motifs is 12. The van der Waals surface area contributed by atoms with Crippen LogP contribution in [0.4, 0.5) is 0 Å². The Balaban J connectivity index is 1.20. The van der Waals surface area contributed by atoms with Crippen LogP contribution in [-0.4, -0.2) is 9.13 Å². The maximum absolute atomic E-state index is 2.46. The van der Waals surface area contributed by atoms with Crippen LogP contribution in [0.1, 0.15) is 0 Å². The topological polar surface area (TPSA) is 9.86 Å². The molecule has 0 atom stereocenters. The molecule has 270 valence electrons. The van der Waals surface area contributed by atoms with Gasteiger partial charge in [0.25, 0.3) is 0 Å². The molecule has 0 aliphatic heterocycles. The zero-order valence-corrected chi connectivity index (χ0v) is 32.8. The third kappa shape index (κ3) is 4.47. The van der Waals surface area contributed by atoms with Gasteiger partial charge in [0, 0.05) is 84.4 Å². The molecule has 13 aromatic rings. The number of thiophene rings is 2. The van der Waals surface area contributed by atoms with Gasteiger partial charge in [-0.3, -0.25) is 0 Å². The minimum absolute atomic E-state index is 1.17. The Kier molecular flexibility index (Phi) is 6.79. The average Bonchev–Trinajstić information content (AvgIpc) is 4.04. The zero-order chi connectivity index (χ0) is 37.9. The lowest BCUT2D eigenvalue weighted by molar-refractivity contribution is 1.19. The van der Waals surface area contributed by atoms with Crippen LogP contribution in [0, 0.1) is 0 Å². The fourth-order valence-electron chi connectivity index (χ4n) is 9.69. The number of aromatic nitrogens is 2. The van der Waals surface area contributed by atoms with Gasteiger partial charge in [0.2, 0.25) is 0 Å². The van der Waals surface area contributed by atoms with Gasteiger partial charge in [0.1, 0.15) is 0 Å². The van der Waals surface area contributed by atoms with Crippen molar-refractivity contribution in [2.45, 2.75) is 0 Å². The Labute approximate surface area is 341 Å². The molecule has 0 saturated carbocycles. The summed E-state index contributed by atoms with van der Waals surface area (Å²) >= 11 is 3.85. The van der Waals surface area contributed by atoms with Crippen LogP contribution in [-0.2, 0) is 0 Å². The molecule has 0 unspecified atom stereocenters. The highest BCUT2D eigenvalue weighted by Gasteiger charge is 2.25. The van der Waals surface area contributed by atoms with Gasteiger partial charge >= 0.3 is 0 Å². The fraction of sp³-hybridized carbons (Fsp3) is 0. The molecule has 4 heterocycles. The number of hydrogen-bond acceptors (Lipinski definition) is 2. The Morgan fingerprint density at radius 3 is 1.03 bits per heavy atom. The maximum Gasteiger partial charge on any atom is 0.0541 e. The lowest BCUT2D eigenvalue weighted by Crippen LogP contribution is -1.94. The molecule has 4 aromatic heterocycles. The van der Waals surface area contributed by atoms with E-state index < -0.39 is 0 Å². The van der Waals surface area contributed by atoms with Gasteiger partial charge < -0.3 is 9.13 Å².